The van der Waals surface area contributed by atoms with E-state index in [2.05, 4.69) is 4.72 Å². The maximum atomic E-state index is 11.9. The fourth-order valence-corrected chi connectivity index (χ4v) is 2.91. The molecule has 1 aromatic rings. The van der Waals surface area contributed by atoms with Gasteiger partial charge in [-0.2, -0.15) is 0 Å². The molecule has 1 heterocycles. The Morgan fingerprint density at radius 3 is 2.56 bits per heavy atom. The van der Waals surface area contributed by atoms with Crippen LogP contribution in [-0.2, 0) is 14.8 Å². The quantitative estimate of drug-likeness (QED) is 0.895. The fraction of sp³-hybridized carbons (Fsp3) is 0.400. The second kappa shape index (κ2) is 4.71. The van der Waals surface area contributed by atoms with E-state index in [0.29, 0.717) is 24.7 Å². The standard InChI is InChI=1S/C10H12ClNO3S/c11-8-1-3-10(4-2-8)16(13,14)12-9-5-6-15-7-9/h1-4,9,12H,5-7H2. The third-order valence-corrected chi connectivity index (χ3v) is 4.16. The van der Waals surface area contributed by atoms with Crippen LogP contribution in [-0.4, -0.2) is 27.7 Å². The zero-order valence-corrected chi connectivity index (χ0v) is 10.1. The monoisotopic (exact) mass is 261 g/mol. The van der Waals surface area contributed by atoms with Crippen molar-refractivity contribution in [2.45, 2.75) is 17.4 Å². The van der Waals surface area contributed by atoms with E-state index in [-0.39, 0.29) is 10.9 Å². The van der Waals surface area contributed by atoms with Crippen LogP contribution in [0, 0.1) is 0 Å². The van der Waals surface area contributed by atoms with E-state index in [1.807, 2.05) is 0 Å². The van der Waals surface area contributed by atoms with Crippen molar-refractivity contribution < 1.29 is 13.2 Å². The van der Waals surface area contributed by atoms with E-state index < -0.39 is 10.0 Å². The number of hydrogen-bond donors (Lipinski definition) is 1. The number of sulfonamides is 1. The number of benzene rings is 1. The van der Waals surface area contributed by atoms with E-state index in [9.17, 15) is 8.42 Å². The highest BCUT2D eigenvalue weighted by Gasteiger charge is 2.23. The number of nitrogens with one attached hydrogen (secondary N) is 1. The van der Waals surface area contributed by atoms with Gasteiger partial charge in [-0.05, 0) is 30.7 Å². The first kappa shape index (κ1) is 11.9. The lowest BCUT2D eigenvalue weighted by atomic mass is 10.3. The Hall–Kier alpha value is -0.620. The summed E-state index contributed by atoms with van der Waals surface area (Å²) in [5.41, 5.74) is 0. The highest BCUT2D eigenvalue weighted by Crippen LogP contribution is 2.15. The maximum Gasteiger partial charge on any atom is 0.240 e. The summed E-state index contributed by atoms with van der Waals surface area (Å²) in [6, 6.07) is 5.96. The molecule has 0 aromatic heterocycles. The van der Waals surface area contributed by atoms with Gasteiger partial charge in [0.25, 0.3) is 0 Å². The predicted octanol–water partition coefficient (Wildman–Crippen LogP) is 1.41. The Labute approximate surface area is 99.6 Å². The first-order valence-electron chi connectivity index (χ1n) is 4.93. The van der Waals surface area contributed by atoms with Crippen LogP contribution in [0.25, 0.3) is 0 Å². The number of halogens is 1. The largest absolute Gasteiger partial charge is 0.380 e. The van der Waals surface area contributed by atoms with Crippen LogP contribution in [0.4, 0.5) is 0 Å². The average Bonchev–Trinajstić information content (AvgIpc) is 2.70. The Balaban J connectivity index is 2.14. The van der Waals surface area contributed by atoms with Crippen LogP contribution >= 0.6 is 11.6 Å². The lowest BCUT2D eigenvalue weighted by Gasteiger charge is -2.11. The van der Waals surface area contributed by atoms with Gasteiger partial charge < -0.3 is 4.74 Å². The van der Waals surface area contributed by atoms with Crippen LogP contribution in [0.15, 0.2) is 29.2 Å². The van der Waals surface area contributed by atoms with Crippen LogP contribution in [0.1, 0.15) is 6.42 Å². The molecule has 1 saturated heterocycles. The van der Waals surface area contributed by atoms with Crippen molar-refractivity contribution >= 4 is 21.6 Å². The van der Waals surface area contributed by atoms with Crippen molar-refractivity contribution in [3.8, 4) is 0 Å². The molecule has 0 aliphatic carbocycles. The van der Waals surface area contributed by atoms with Gasteiger partial charge in [0.2, 0.25) is 10.0 Å². The topological polar surface area (TPSA) is 55.4 Å². The summed E-state index contributed by atoms with van der Waals surface area (Å²) >= 11 is 5.70. The van der Waals surface area contributed by atoms with Gasteiger partial charge in [-0.25, -0.2) is 13.1 Å². The molecule has 1 aromatic carbocycles. The maximum absolute atomic E-state index is 11.9. The molecule has 1 N–H and O–H groups in total. The minimum atomic E-state index is -3.45. The summed E-state index contributed by atoms with van der Waals surface area (Å²) in [5.74, 6) is 0. The molecule has 1 atom stereocenters. The van der Waals surface area contributed by atoms with Gasteiger partial charge in [-0.15, -0.1) is 0 Å². The summed E-state index contributed by atoms with van der Waals surface area (Å²) in [7, 11) is -3.45. The van der Waals surface area contributed by atoms with Gasteiger partial charge in [-0.1, -0.05) is 11.6 Å². The number of ether oxygens (including phenoxy) is 1. The third kappa shape index (κ3) is 2.74. The van der Waals surface area contributed by atoms with Crippen LogP contribution in [0.3, 0.4) is 0 Å². The summed E-state index contributed by atoms with van der Waals surface area (Å²) in [5, 5.41) is 0.517. The van der Waals surface area contributed by atoms with Crippen molar-refractivity contribution in [3.05, 3.63) is 29.3 Å². The molecule has 1 unspecified atom stereocenters. The molecule has 2 rings (SSSR count). The van der Waals surface area contributed by atoms with Gasteiger partial charge in [0.1, 0.15) is 0 Å². The van der Waals surface area contributed by atoms with Crippen LogP contribution < -0.4 is 4.72 Å². The molecule has 1 fully saturated rings. The van der Waals surface area contributed by atoms with E-state index in [1.54, 1.807) is 12.1 Å². The van der Waals surface area contributed by atoms with Gasteiger partial charge in [0.05, 0.1) is 11.5 Å². The van der Waals surface area contributed by atoms with Crippen molar-refractivity contribution in [1.82, 2.24) is 4.72 Å². The van der Waals surface area contributed by atoms with Crippen molar-refractivity contribution in [1.29, 1.82) is 0 Å². The predicted molar refractivity (Wildman–Crippen MR) is 61.0 cm³/mol. The van der Waals surface area contributed by atoms with Gasteiger partial charge in [0, 0.05) is 17.7 Å². The van der Waals surface area contributed by atoms with E-state index in [1.165, 1.54) is 12.1 Å². The molecule has 0 radical (unpaired) electrons. The van der Waals surface area contributed by atoms with Crippen LogP contribution in [0.2, 0.25) is 5.02 Å². The molecule has 1 aliphatic rings. The molecule has 1 aliphatic heterocycles. The van der Waals surface area contributed by atoms with Crippen LogP contribution in [0.5, 0.6) is 0 Å². The molecule has 0 saturated carbocycles. The van der Waals surface area contributed by atoms with E-state index in [0.717, 1.165) is 0 Å². The lowest BCUT2D eigenvalue weighted by Crippen LogP contribution is -2.34. The summed E-state index contributed by atoms with van der Waals surface area (Å²) < 4.78 is 31.5. The highest BCUT2D eigenvalue weighted by molar-refractivity contribution is 7.89. The normalized spacial score (nSPS) is 21.2. The molecule has 4 nitrogen and oxygen atoms in total. The first-order chi connectivity index (χ1) is 7.58. The van der Waals surface area contributed by atoms with E-state index in [4.69, 9.17) is 16.3 Å². The third-order valence-electron chi connectivity index (χ3n) is 2.38. The fourth-order valence-electron chi connectivity index (χ4n) is 1.53. The van der Waals surface area contributed by atoms with Gasteiger partial charge in [-0.3, -0.25) is 0 Å². The first-order valence-corrected chi connectivity index (χ1v) is 6.80. The SMILES string of the molecule is O=S(=O)(NC1CCOC1)c1ccc(Cl)cc1. The zero-order chi connectivity index (χ0) is 11.6. The van der Waals surface area contributed by atoms with Crippen molar-refractivity contribution in [2.75, 3.05) is 13.2 Å². The number of rotatable bonds is 3. The average molecular weight is 262 g/mol. The molecular formula is C10H12ClNO3S. The smallest absolute Gasteiger partial charge is 0.240 e. The molecule has 88 valence electrons. The Bertz CT molecular complexity index is 451. The lowest BCUT2D eigenvalue weighted by molar-refractivity contribution is 0.192. The molecule has 0 spiro atoms. The summed E-state index contributed by atoms with van der Waals surface area (Å²) in [4.78, 5) is 0.226. The molecule has 16 heavy (non-hydrogen) atoms. The Kier molecular flexibility index (Phi) is 3.49. The summed E-state index contributed by atoms with van der Waals surface area (Å²) in [6.07, 6.45) is 0.715. The Morgan fingerprint density at radius 1 is 1.31 bits per heavy atom. The minimum Gasteiger partial charge on any atom is -0.380 e. The van der Waals surface area contributed by atoms with Gasteiger partial charge in [0.15, 0.2) is 0 Å². The Morgan fingerprint density at radius 2 is 2.00 bits per heavy atom. The second-order valence-corrected chi connectivity index (χ2v) is 5.79. The summed E-state index contributed by atoms with van der Waals surface area (Å²) in [6.45, 7) is 1.04. The number of hydrogen-bond acceptors (Lipinski definition) is 3. The second-order valence-electron chi connectivity index (χ2n) is 3.64. The highest BCUT2D eigenvalue weighted by atomic mass is 35.5. The van der Waals surface area contributed by atoms with Gasteiger partial charge >= 0.3 is 0 Å². The molecular weight excluding hydrogens is 250 g/mol. The van der Waals surface area contributed by atoms with Crippen molar-refractivity contribution in [3.63, 3.8) is 0 Å². The van der Waals surface area contributed by atoms with E-state index >= 15 is 0 Å². The molecule has 0 bridgehead atoms. The molecule has 0 amide bonds. The van der Waals surface area contributed by atoms with Crippen molar-refractivity contribution in [2.24, 2.45) is 0 Å². The zero-order valence-electron chi connectivity index (χ0n) is 8.52. The minimum absolute atomic E-state index is 0.124. The molecule has 6 heteroatoms.